The van der Waals surface area contributed by atoms with E-state index in [9.17, 15) is 8.42 Å². The van der Waals surface area contributed by atoms with Crippen LogP contribution in [0.5, 0.6) is 0 Å². The summed E-state index contributed by atoms with van der Waals surface area (Å²) in [5.74, 6) is 0. The normalized spacial score (nSPS) is 12.4. The van der Waals surface area contributed by atoms with Gasteiger partial charge in [0, 0.05) is 21.2 Å². The maximum atomic E-state index is 12.0. The van der Waals surface area contributed by atoms with E-state index in [1.807, 2.05) is 0 Å². The molecule has 7 heteroatoms. The molecule has 0 spiro atoms. The highest BCUT2D eigenvalue weighted by molar-refractivity contribution is 7.89. The van der Waals surface area contributed by atoms with E-state index in [0.29, 0.717) is 11.4 Å². The highest BCUT2D eigenvalue weighted by Gasteiger charge is 2.26. The van der Waals surface area contributed by atoms with Crippen molar-refractivity contribution < 1.29 is 13.2 Å². The second kappa shape index (κ2) is 4.52. The fourth-order valence-electron chi connectivity index (χ4n) is 1.48. The Morgan fingerprint density at radius 1 is 1.38 bits per heavy atom. The zero-order valence-electron chi connectivity index (χ0n) is 10.2. The highest BCUT2D eigenvalue weighted by atomic mass is 32.2. The molecule has 0 amide bonds. The van der Waals surface area contributed by atoms with Crippen LogP contribution in [-0.2, 0) is 21.5 Å². The number of ether oxygens (including phenoxy) is 1. The SMILES string of the molecule is COCn1nc(C)c(S(=O)(=O)N(C)C)c1C. The molecule has 1 aromatic heterocycles. The molecule has 1 heterocycles. The molecule has 1 rings (SSSR count). The quantitative estimate of drug-likeness (QED) is 0.770. The molecule has 0 N–H and O–H groups in total. The number of aromatic nitrogens is 2. The number of nitrogens with zero attached hydrogens (tertiary/aromatic N) is 3. The van der Waals surface area contributed by atoms with Crippen LogP contribution in [0.2, 0.25) is 0 Å². The van der Waals surface area contributed by atoms with Gasteiger partial charge in [-0.25, -0.2) is 17.4 Å². The molecule has 0 fully saturated rings. The Morgan fingerprint density at radius 3 is 2.38 bits per heavy atom. The summed E-state index contributed by atoms with van der Waals surface area (Å²) in [6, 6.07) is 0. The zero-order valence-corrected chi connectivity index (χ0v) is 11.0. The highest BCUT2D eigenvalue weighted by Crippen LogP contribution is 2.21. The van der Waals surface area contributed by atoms with Crippen LogP contribution in [0.15, 0.2) is 4.90 Å². The van der Waals surface area contributed by atoms with Gasteiger partial charge in [-0.05, 0) is 13.8 Å². The monoisotopic (exact) mass is 247 g/mol. The first kappa shape index (κ1) is 13.1. The summed E-state index contributed by atoms with van der Waals surface area (Å²) in [7, 11) is 1.10. The Balaban J connectivity index is 3.36. The summed E-state index contributed by atoms with van der Waals surface area (Å²) in [5, 5.41) is 4.13. The molecule has 0 aliphatic heterocycles. The number of rotatable bonds is 4. The van der Waals surface area contributed by atoms with Crippen LogP contribution in [0.4, 0.5) is 0 Å². The van der Waals surface area contributed by atoms with E-state index in [4.69, 9.17) is 4.74 Å². The largest absolute Gasteiger partial charge is 0.362 e. The lowest BCUT2D eigenvalue weighted by Gasteiger charge is -2.11. The maximum absolute atomic E-state index is 12.0. The minimum absolute atomic E-state index is 0.246. The van der Waals surface area contributed by atoms with Crippen molar-refractivity contribution >= 4 is 10.0 Å². The first-order valence-corrected chi connectivity index (χ1v) is 6.21. The molecule has 0 radical (unpaired) electrons. The Hall–Kier alpha value is -0.920. The summed E-state index contributed by atoms with van der Waals surface area (Å²) in [6.07, 6.45) is 0. The van der Waals surface area contributed by atoms with Gasteiger partial charge in [-0.1, -0.05) is 0 Å². The van der Waals surface area contributed by atoms with Gasteiger partial charge in [0.05, 0.1) is 11.4 Å². The van der Waals surface area contributed by atoms with E-state index in [1.54, 1.807) is 13.8 Å². The van der Waals surface area contributed by atoms with Gasteiger partial charge in [0.15, 0.2) is 0 Å². The fraction of sp³-hybridized carbons (Fsp3) is 0.667. The predicted molar refractivity (Wildman–Crippen MR) is 59.6 cm³/mol. The molecule has 0 saturated carbocycles. The van der Waals surface area contributed by atoms with Crippen molar-refractivity contribution in [3.05, 3.63) is 11.4 Å². The van der Waals surface area contributed by atoms with Crippen molar-refractivity contribution in [2.24, 2.45) is 0 Å². The molecule has 0 aliphatic rings. The minimum atomic E-state index is -3.44. The van der Waals surface area contributed by atoms with Crippen molar-refractivity contribution in [3.63, 3.8) is 0 Å². The van der Waals surface area contributed by atoms with Gasteiger partial charge < -0.3 is 4.74 Å². The molecule has 6 nitrogen and oxygen atoms in total. The average molecular weight is 247 g/mol. The van der Waals surface area contributed by atoms with E-state index in [0.717, 1.165) is 0 Å². The van der Waals surface area contributed by atoms with Crippen LogP contribution in [0.3, 0.4) is 0 Å². The molecule has 92 valence electrons. The standard InChI is InChI=1S/C9H17N3O3S/c1-7-9(16(13,14)11(3)4)8(2)12(10-7)6-15-5/h6H2,1-5H3. The Bertz CT molecular complexity index is 476. The van der Waals surface area contributed by atoms with Crippen molar-refractivity contribution in [1.29, 1.82) is 0 Å². The van der Waals surface area contributed by atoms with Crippen LogP contribution < -0.4 is 0 Å². The van der Waals surface area contributed by atoms with E-state index in [-0.39, 0.29) is 11.6 Å². The zero-order chi connectivity index (χ0) is 12.5. The van der Waals surface area contributed by atoms with Crippen molar-refractivity contribution in [1.82, 2.24) is 14.1 Å². The second-order valence-corrected chi connectivity index (χ2v) is 5.79. The molecule has 1 aromatic rings. The van der Waals surface area contributed by atoms with E-state index >= 15 is 0 Å². The molecule has 0 atom stereocenters. The van der Waals surface area contributed by atoms with Crippen LogP contribution in [-0.4, -0.2) is 43.7 Å². The first-order chi connectivity index (χ1) is 7.32. The van der Waals surface area contributed by atoms with Gasteiger partial charge >= 0.3 is 0 Å². The molecule has 0 aromatic carbocycles. The molecular formula is C9H17N3O3S. The summed E-state index contributed by atoms with van der Waals surface area (Å²) >= 11 is 0. The molecule has 0 saturated heterocycles. The lowest BCUT2D eigenvalue weighted by molar-refractivity contribution is 0.118. The van der Waals surface area contributed by atoms with Gasteiger partial charge in [0.2, 0.25) is 10.0 Å². The van der Waals surface area contributed by atoms with Gasteiger partial charge in [-0.2, -0.15) is 5.10 Å². The topological polar surface area (TPSA) is 64.4 Å². The maximum Gasteiger partial charge on any atom is 0.246 e. The van der Waals surface area contributed by atoms with E-state index in [2.05, 4.69) is 5.10 Å². The van der Waals surface area contributed by atoms with Crippen molar-refractivity contribution in [3.8, 4) is 0 Å². The summed E-state index contributed by atoms with van der Waals surface area (Å²) < 4.78 is 31.7. The smallest absolute Gasteiger partial charge is 0.246 e. The Labute approximate surface area is 95.9 Å². The van der Waals surface area contributed by atoms with E-state index < -0.39 is 10.0 Å². The van der Waals surface area contributed by atoms with Crippen LogP contribution in [0.1, 0.15) is 11.4 Å². The average Bonchev–Trinajstić information content (AvgIpc) is 2.42. The van der Waals surface area contributed by atoms with E-state index in [1.165, 1.54) is 30.2 Å². The lowest BCUT2D eigenvalue weighted by atomic mass is 10.4. The molecular weight excluding hydrogens is 230 g/mol. The minimum Gasteiger partial charge on any atom is -0.362 e. The van der Waals surface area contributed by atoms with Crippen molar-refractivity contribution in [2.75, 3.05) is 21.2 Å². The first-order valence-electron chi connectivity index (χ1n) is 4.77. The van der Waals surface area contributed by atoms with Crippen LogP contribution in [0, 0.1) is 13.8 Å². The summed E-state index contributed by atoms with van der Waals surface area (Å²) in [5.41, 5.74) is 1.08. The van der Waals surface area contributed by atoms with Crippen LogP contribution >= 0.6 is 0 Å². The third-order valence-corrected chi connectivity index (χ3v) is 4.37. The molecule has 16 heavy (non-hydrogen) atoms. The number of methoxy groups -OCH3 is 1. The third kappa shape index (κ3) is 2.11. The van der Waals surface area contributed by atoms with Crippen LogP contribution in [0.25, 0.3) is 0 Å². The van der Waals surface area contributed by atoms with Gasteiger partial charge in [0.1, 0.15) is 11.6 Å². The third-order valence-electron chi connectivity index (χ3n) is 2.31. The molecule has 0 unspecified atom stereocenters. The van der Waals surface area contributed by atoms with Gasteiger partial charge in [0.25, 0.3) is 0 Å². The molecule has 0 bridgehead atoms. The number of sulfonamides is 1. The fourth-order valence-corrected chi connectivity index (χ4v) is 2.74. The molecule has 0 aliphatic carbocycles. The number of hydrogen-bond acceptors (Lipinski definition) is 4. The predicted octanol–water partition coefficient (Wildman–Crippen LogP) is 0.354. The van der Waals surface area contributed by atoms with Crippen molar-refractivity contribution in [2.45, 2.75) is 25.5 Å². The summed E-state index contributed by atoms with van der Waals surface area (Å²) in [6.45, 7) is 3.64. The Kier molecular flexibility index (Phi) is 3.72. The van der Waals surface area contributed by atoms with Gasteiger partial charge in [-0.3, -0.25) is 0 Å². The lowest BCUT2D eigenvalue weighted by Crippen LogP contribution is -2.23. The second-order valence-electron chi connectivity index (χ2n) is 3.70. The Morgan fingerprint density at radius 2 is 1.94 bits per heavy atom. The number of aryl methyl sites for hydroxylation is 1. The summed E-state index contributed by atoms with van der Waals surface area (Å²) in [4.78, 5) is 0.259. The van der Waals surface area contributed by atoms with Gasteiger partial charge in [-0.15, -0.1) is 0 Å². The number of hydrogen-bond donors (Lipinski definition) is 0.